The highest BCUT2D eigenvalue weighted by Crippen LogP contribution is 2.19. The highest BCUT2D eigenvalue weighted by atomic mass is 16.5. The third-order valence-electron chi connectivity index (χ3n) is 3.13. The van der Waals surface area contributed by atoms with Gasteiger partial charge in [0, 0.05) is 19.2 Å². The number of imidazole rings is 1. The Balaban J connectivity index is 1.72. The molecule has 0 saturated carbocycles. The van der Waals surface area contributed by atoms with Gasteiger partial charge in [0.15, 0.2) is 0 Å². The summed E-state index contributed by atoms with van der Waals surface area (Å²) >= 11 is 0. The predicted molar refractivity (Wildman–Crippen MR) is 81.8 cm³/mol. The summed E-state index contributed by atoms with van der Waals surface area (Å²) in [6.45, 7) is 0. The molecule has 4 nitrogen and oxygen atoms in total. The number of aromatic nitrogens is 2. The molecule has 21 heavy (non-hydrogen) atoms. The molecular formula is C17H14N2O2. The van der Waals surface area contributed by atoms with Crippen molar-refractivity contribution in [3.63, 3.8) is 0 Å². The number of rotatable bonds is 3. The molecular weight excluding hydrogens is 264 g/mol. The molecule has 0 aliphatic heterocycles. The number of esters is 1. The molecule has 0 aliphatic rings. The van der Waals surface area contributed by atoms with Crippen LogP contribution < -0.4 is 4.74 Å². The van der Waals surface area contributed by atoms with Crippen molar-refractivity contribution in [2.75, 3.05) is 0 Å². The second-order valence-electron chi connectivity index (χ2n) is 4.67. The third-order valence-corrected chi connectivity index (χ3v) is 3.13. The second-order valence-corrected chi connectivity index (χ2v) is 4.67. The van der Waals surface area contributed by atoms with Gasteiger partial charge in [0.1, 0.15) is 5.75 Å². The summed E-state index contributed by atoms with van der Waals surface area (Å²) in [6, 6.07) is 15.0. The van der Waals surface area contributed by atoms with E-state index in [0.29, 0.717) is 5.75 Å². The number of hydrogen-bond acceptors (Lipinski definition) is 3. The molecule has 0 saturated heterocycles. The number of carbonyl (C=O) groups excluding carboxylic acids is 1. The Morgan fingerprint density at radius 1 is 1.19 bits per heavy atom. The number of hydrogen-bond donors (Lipinski definition) is 0. The van der Waals surface area contributed by atoms with E-state index in [2.05, 4.69) is 4.98 Å². The van der Waals surface area contributed by atoms with E-state index in [-0.39, 0.29) is 0 Å². The van der Waals surface area contributed by atoms with E-state index in [0.717, 1.165) is 16.6 Å². The van der Waals surface area contributed by atoms with E-state index in [4.69, 9.17) is 4.74 Å². The van der Waals surface area contributed by atoms with Gasteiger partial charge >= 0.3 is 5.97 Å². The van der Waals surface area contributed by atoms with Crippen molar-refractivity contribution in [3.05, 3.63) is 66.5 Å². The Bertz CT molecular complexity index is 804. The van der Waals surface area contributed by atoms with Gasteiger partial charge in [-0.1, -0.05) is 30.3 Å². The Kier molecular flexibility index (Phi) is 3.51. The van der Waals surface area contributed by atoms with E-state index in [9.17, 15) is 4.79 Å². The molecule has 0 fully saturated rings. The van der Waals surface area contributed by atoms with Crippen molar-refractivity contribution in [2.45, 2.75) is 0 Å². The van der Waals surface area contributed by atoms with E-state index in [1.54, 1.807) is 24.5 Å². The summed E-state index contributed by atoms with van der Waals surface area (Å²) in [4.78, 5) is 16.0. The fourth-order valence-corrected chi connectivity index (χ4v) is 2.06. The summed E-state index contributed by atoms with van der Waals surface area (Å²) in [7, 11) is 1.92. The molecule has 0 amide bonds. The zero-order valence-corrected chi connectivity index (χ0v) is 11.6. The minimum Gasteiger partial charge on any atom is -0.423 e. The average molecular weight is 278 g/mol. The normalized spacial score (nSPS) is 11.1. The van der Waals surface area contributed by atoms with Gasteiger partial charge in [-0.05, 0) is 23.8 Å². The first-order valence-corrected chi connectivity index (χ1v) is 6.58. The highest BCUT2D eigenvalue weighted by Gasteiger charge is 2.04. The molecule has 104 valence electrons. The van der Waals surface area contributed by atoms with Crippen LogP contribution in [-0.2, 0) is 11.8 Å². The van der Waals surface area contributed by atoms with Gasteiger partial charge in [-0.2, -0.15) is 0 Å². The summed E-state index contributed by atoms with van der Waals surface area (Å²) in [6.07, 6.45) is 4.87. The number of aryl methyl sites for hydroxylation is 1. The maximum atomic E-state index is 11.8. The van der Waals surface area contributed by atoms with Crippen molar-refractivity contribution in [2.24, 2.45) is 7.05 Å². The molecule has 0 N–H and O–H groups in total. The Morgan fingerprint density at radius 2 is 2.00 bits per heavy atom. The molecule has 3 rings (SSSR count). The van der Waals surface area contributed by atoms with Crippen LogP contribution in [-0.4, -0.2) is 15.5 Å². The number of carbonyl (C=O) groups is 1. The SMILES string of the molecule is Cn1cnc2cc(OC(=O)/C=C/c3ccccc3)ccc21. The Labute approximate surface area is 122 Å². The first-order chi connectivity index (χ1) is 10.2. The van der Waals surface area contributed by atoms with E-state index in [1.807, 2.05) is 48.0 Å². The summed E-state index contributed by atoms with van der Waals surface area (Å²) in [5, 5.41) is 0. The predicted octanol–water partition coefficient (Wildman–Crippen LogP) is 3.19. The van der Waals surface area contributed by atoms with E-state index < -0.39 is 5.97 Å². The van der Waals surface area contributed by atoms with Gasteiger partial charge in [0.05, 0.1) is 17.4 Å². The maximum absolute atomic E-state index is 11.8. The molecule has 0 atom stereocenters. The topological polar surface area (TPSA) is 44.1 Å². The molecule has 1 aromatic heterocycles. The minimum atomic E-state index is -0.408. The molecule has 4 heteroatoms. The summed E-state index contributed by atoms with van der Waals surface area (Å²) in [5.41, 5.74) is 2.75. The molecule has 0 aliphatic carbocycles. The molecule has 1 heterocycles. The van der Waals surface area contributed by atoms with Gasteiger partial charge < -0.3 is 9.30 Å². The Morgan fingerprint density at radius 3 is 2.81 bits per heavy atom. The smallest absolute Gasteiger partial charge is 0.336 e. The first kappa shape index (κ1) is 13.1. The molecule has 0 spiro atoms. The highest BCUT2D eigenvalue weighted by molar-refractivity contribution is 5.89. The zero-order chi connectivity index (χ0) is 14.7. The number of benzene rings is 2. The van der Waals surface area contributed by atoms with Crippen LogP contribution in [0.4, 0.5) is 0 Å². The molecule has 0 radical (unpaired) electrons. The van der Waals surface area contributed by atoms with Crippen LogP contribution in [0.2, 0.25) is 0 Å². The van der Waals surface area contributed by atoms with E-state index >= 15 is 0 Å². The van der Waals surface area contributed by atoms with Crippen LogP contribution in [0.15, 0.2) is 60.9 Å². The van der Waals surface area contributed by atoms with Gasteiger partial charge in [0.25, 0.3) is 0 Å². The van der Waals surface area contributed by atoms with Crippen LogP contribution >= 0.6 is 0 Å². The van der Waals surface area contributed by atoms with Crippen molar-refractivity contribution < 1.29 is 9.53 Å². The van der Waals surface area contributed by atoms with Crippen molar-refractivity contribution in [1.82, 2.24) is 9.55 Å². The lowest BCUT2D eigenvalue weighted by molar-refractivity contribution is -0.128. The average Bonchev–Trinajstić information content (AvgIpc) is 2.87. The number of ether oxygens (including phenoxy) is 1. The summed E-state index contributed by atoms with van der Waals surface area (Å²) in [5.74, 6) is 0.0815. The van der Waals surface area contributed by atoms with Crippen LogP contribution in [0.3, 0.4) is 0 Å². The molecule has 0 bridgehead atoms. The van der Waals surface area contributed by atoms with Crippen LogP contribution in [0.25, 0.3) is 17.1 Å². The molecule has 2 aromatic carbocycles. The second kappa shape index (κ2) is 5.63. The quantitative estimate of drug-likeness (QED) is 0.420. The minimum absolute atomic E-state index is 0.408. The van der Waals surface area contributed by atoms with Crippen molar-refractivity contribution in [1.29, 1.82) is 0 Å². The molecule has 0 unspecified atom stereocenters. The third kappa shape index (κ3) is 3.00. The van der Waals surface area contributed by atoms with Gasteiger partial charge in [0.2, 0.25) is 0 Å². The largest absolute Gasteiger partial charge is 0.423 e. The van der Waals surface area contributed by atoms with E-state index in [1.165, 1.54) is 6.08 Å². The monoisotopic (exact) mass is 278 g/mol. The number of nitrogens with zero attached hydrogens (tertiary/aromatic N) is 2. The Hall–Kier alpha value is -2.88. The van der Waals surface area contributed by atoms with Crippen molar-refractivity contribution >= 4 is 23.1 Å². The lowest BCUT2D eigenvalue weighted by atomic mass is 10.2. The lowest BCUT2D eigenvalue weighted by Gasteiger charge is -2.01. The first-order valence-electron chi connectivity index (χ1n) is 6.58. The van der Waals surface area contributed by atoms with Gasteiger partial charge in [-0.25, -0.2) is 9.78 Å². The lowest BCUT2D eigenvalue weighted by Crippen LogP contribution is -2.03. The summed E-state index contributed by atoms with van der Waals surface area (Å²) < 4.78 is 7.19. The molecule has 3 aromatic rings. The number of fused-ring (bicyclic) bond motifs is 1. The van der Waals surface area contributed by atoms with Gasteiger partial charge in [-0.3, -0.25) is 0 Å². The van der Waals surface area contributed by atoms with Crippen LogP contribution in [0.1, 0.15) is 5.56 Å². The van der Waals surface area contributed by atoms with Gasteiger partial charge in [-0.15, -0.1) is 0 Å². The maximum Gasteiger partial charge on any atom is 0.336 e. The van der Waals surface area contributed by atoms with Crippen LogP contribution in [0.5, 0.6) is 5.75 Å². The fourth-order valence-electron chi connectivity index (χ4n) is 2.06. The fraction of sp³-hybridized carbons (Fsp3) is 0.0588. The van der Waals surface area contributed by atoms with Crippen LogP contribution in [0, 0.1) is 0 Å². The zero-order valence-electron chi connectivity index (χ0n) is 11.6. The standard InChI is InChI=1S/C17H14N2O2/c1-19-12-18-15-11-14(8-9-16(15)19)21-17(20)10-7-13-5-3-2-4-6-13/h2-12H,1H3/b10-7+. The van der Waals surface area contributed by atoms with Crippen molar-refractivity contribution in [3.8, 4) is 5.75 Å².